The highest BCUT2D eigenvalue weighted by Crippen LogP contribution is 2.28. The molecule has 6 nitrogen and oxygen atoms in total. The van der Waals surface area contributed by atoms with E-state index in [1.807, 2.05) is 31.2 Å². The molecule has 0 aromatic carbocycles. The molecule has 0 aliphatic heterocycles. The lowest BCUT2D eigenvalue weighted by Crippen LogP contribution is -2.10. The number of hydrogen-bond donors (Lipinski definition) is 1. The fourth-order valence-corrected chi connectivity index (χ4v) is 2.48. The van der Waals surface area contributed by atoms with Crippen LogP contribution in [0.15, 0.2) is 41.1 Å². The first-order valence-electron chi connectivity index (χ1n) is 7.40. The van der Waals surface area contributed by atoms with Gasteiger partial charge < -0.3 is 10.1 Å². The number of esters is 1. The Hall–Kier alpha value is -2.54. The minimum absolute atomic E-state index is 0.291. The van der Waals surface area contributed by atoms with Gasteiger partial charge in [0.05, 0.1) is 12.3 Å². The van der Waals surface area contributed by atoms with Gasteiger partial charge in [0, 0.05) is 27.9 Å². The summed E-state index contributed by atoms with van der Waals surface area (Å²) in [4.78, 5) is 25.3. The van der Waals surface area contributed by atoms with E-state index in [-0.39, 0.29) is 0 Å². The lowest BCUT2D eigenvalue weighted by Gasteiger charge is -2.13. The van der Waals surface area contributed by atoms with Crippen LogP contribution in [0, 0.1) is 6.92 Å². The molecule has 0 fully saturated rings. The zero-order chi connectivity index (χ0) is 17.1. The van der Waals surface area contributed by atoms with Crippen LogP contribution in [0.5, 0.6) is 0 Å². The van der Waals surface area contributed by atoms with Crippen LogP contribution < -0.4 is 5.32 Å². The predicted molar refractivity (Wildman–Crippen MR) is 95.5 cm³/mol. The minimum atomic E-state index is -0.438. The zero-order valence-corrected chi connectivity index (χ0v) is 14.8. The van der Waals surface area contributed by atoms with Crippen LogP contribution in [0.2, 0.25) is 0 Å². The Balaban J connectivity index is 2.14. The summed E-state index contributed by atoms with van der Waals surface area (Å²) in [6.45, 7) is 3.95. The van der Waals surface area contributed by atoms with Gasteiger partial charge in [0.25, 0.3) is 0 Å². The van der Waals surface area contributed by atoms with Crippen molar-refractivity contribution >= 4 is 44.4 Å². The molecular formula is C17H15BrN4O2. The third-order valence-corrected chi connectivity index (χ3v) is 3.81. The monoisotopic (exact) mass is 386 g/mol. The molecule has 3 heterocycles. The molecule has 7 heteroatoms. The van der Waals surface area contributed by atoms with E-state index in [2.05, 4.69) is 36.2 Å². The van der Waals surface area contributed by atoms with Crippen molar-refractivity contribution in [1.82, 2.24) is 15.0 Å². The Bertz CT molecular complexity index is 897. The second-order valence-corrected chi connectivity index (χ2v) is 5.99. The molecule has 3 aromatic rings. The first-order chi connectivity index (χ1) is 11.6. The van der Waals surface area contributed by atoms with Crippen molar-refractivity contribution in [2.24, 2.45) is 0 Å². The van der Waals surface area contributed by atoms with E-state index in [0.717, 1.165) is 15.6 Å². The predicted octanol–water partition coefficient (Wildman–Crippen LogP) is 4.02. The van der Waals surface area contributed by atoms with Crippen LogP contribution in [0.4, 0.5) is 11.5 Å². The van der Waals surface area contributed by atoms with Crippen LogP contribution >= 0.6 is 15.9 Å². The first-order valence-corrected chi connectivity index (χ1v) is 8.20. The van der Waals surface area contributed by atoms with Crippen LogP contribution in [0.25, 0.3) is 11.0 Å². The van der Waals surface area contributed by atoms with Crippen molar-refractivity contribution in [3.8, 4) is 0 Å². The molecule has 0 atom stereocenters. The van der Waals surface area contributed by atoms with Gasteiger partial charge >= 0.3 is 5.97 Å². The summed E-state index contributed by atoms with van der Waals surface area (Å²) < 4.78 is 6.00. The highest BCUT2D eigenvalue weighted by molar-refractivity contribution is 9.10. The Kier molecular flexibility index (Phi) is 4.71. The maximum atomic E-state index is 12.3. The van der Waals surface area contributed by atoms with Crippen molar-refractivity contribution < 1.29 is 9.53 Å². The third-order valence-electron chi connectivity index (χ3n) is 3.34. The molecule has 3 aromatic heterocycles. The maximum Gasteiger partial charge on any atom is 0.341 e. The largest absolute Gasteiger partial charge is 0.462 e. The first kappa shape index (κ1) is 16.3. The van der Waals surface area contributed by atoms with Gasteiger partial charge in [-0.25, -0.2) is 19.7 Å². The summed E-state index contributed by atoms with van der Waals surface area (Å²) >= 11 is 3.35. The number of ether oxygens (including phenoxy) is 1. The van der Waals surface area contributed by atoms with E-state index < -0.39 is 5.97 Å². The van der Waals surface area contributed by atoms with Crippen molar-refractivity contribution in [3.63, 3.8) is 0 Å². The van der Waals surface area contributed by atoms with Crippen molar-refractivity contribution in [3.05, 3.63) is 52.4 Å². The number of pyridine rings is 3. The summed E-state index contributed by atoms with van der Waals surface area (Å²) in [7, 11) is 0. The topological polar surface area (TPSA) is 77.0 Å². The molecule has 0 saturated heterocycles. The number of aromatic nitrogens is 3. The van der Waals surface area contributed by atoms with Gasteiger partial charge in [-0.2, -0.15) is 0 Å². The average molecular weight is 387 g/mol. The van der Waals surface area contributed by atoms with Gasteiger partial charge in [0.15, 0.2) is 5.65 Å². The molecule has 0 aliphatic rings. The van der Waals surface area contributed by atoms with Gasteiger partial charge in [-0.3, -0.25) is 0 Å². The van der Waals surface area contributed by atoms with E-state index in [0.29, 0.717) is 29.3 Å². The third kappa shape index (κ3) is 3.35. The van der Waals surface area contributed by atoms with E-state index in [1.54, 1.807) is 13.1 Å². The molecule has 3 rings (SSSR count). The fraction of sp³-hybridized carbons (Fsp3) is 0.176. The number of hydrogen-bond acceptors (Lipinski definition) is 6. The average Bonchev–Trinajstić information content (AvgIpc) is 2.57. The maximum absolute atomic E-state index is 12.3. The lowest BCUT2D eigenvalue weighted by molar-refractivity contribution is 0.0527. The summed E-state index contributed by atoms with van der Waals surface area (Å²) in [5.41, 5.74) is 2.34. The molecule has 0 aliphatic carbocycles. The summed E-state index contributed by atoms with van der Waals surface area (Å²) in [6.07, 6.45) is 3.16. The van der Waals surface area contributed by atoms with E-state index in [9.17, 15) is 4.79 Å². The fourth-order valence-electron chi connectivity index (χ4n) is 2.25. The number of nitrogens with zero attached hydrogens (tertiary/aromatic N) is 3. The summed E-state index contributed by atoms with van der Waals surface area (Å²) in [5, 5.41) is 3.92. The Labute approximate surface area is 147 Å². The molecule has 0 saturated carbocycles. The van der Waals surface area contributed by atoms with Gasteiger partial charge in [-0.05, 0) is 54.0 Å². The Morgan fingerprint density at radius 2 is 2.04 bits per heavy atom. The highest BCUT2D eigenvalue weighted by Gasteiger charge is 2.18. The molecule has 0 unspecified atom stereocenters. The number of fused-ring (bicyclic) bond motifs is 1. The zero-order valence-electron chi connectivity index (χ0n) is 13.2. The molecule has 1 N–H and O–H groups in total. The van der Waals surface area contributed by atoms with E-state index in [4.69, 9.17) is 4.74 Å². The normalized spacial score (nSPS) is 10.6. The molecule has 0 spiro atoms. The Morgan fingerprint density at radius 3 is 2.75 bits per heavy atom. The van der Waals surface area contributed by atoms with Crippen LogP contribution in [0.1, 0.15) is 23.0 Å². The Morgan fingerprint density at radius 1 is 1.21 bits per heavy atom. The van der Waals surface area contributed by atoms with E-state index >= 15 is 0 Å². The van der Waals surface area contributed by atoms with Crippen molar-refractivity contribution in [1.29, 1.82) is 0 Å². The summed E-state index contributed by atoms with van der Waals surface area (Å²) in [6, 6.07) is 7.44. The number of rotatable bonds is 4. The van der Waals surface area contributed by atoms with Crippen LogP contribution in [0.3, 0.4) is 0 Å². The quantitative estimate of drug-likeness (QED) is 0.682. The lowest BCUT2D eigenvalue weighted by atomic mass is 10.1. The smallest absolute Gasteiger partial charge is 0.341 e. The molecular weight excluding hydrogens is 372 g/mol. The minimum Gasteiger partial charge on any atom is -0.462 e. The highest BCUT2D eigenvalue weighted by atomic mass is 79.9. The van der Waals surface area contributed by atoms with Crippen molar-refractivity contribution in [2.75, 3.05) is 11.9 Å². The van der Waals surface area contributed by atoms with Crippen molar-refractivity contribution in [2.45, 2.75) is 13.8 Å². The van der Waals surface area contributed by atoms with Gasteiger partial charge in [0.1, 0.15) is 11.4 Å². The molecule has 0 bridgehead atoms. The second kappa shape index (κ2) is 6.92. The molecule has 122 valence electrons. The number of aryl methyl sites for hydroxylation is 1. The number of carbonyl (C=O) groups excluding carboxylic acids is 1. The van der Waals surface area contributed by atoms with Gasteiger partial charge in [-0.15, -0.1) is 0 Å². The van der Waals surface area contributed by atoms with Crippen LogP contribution in [-0.4, -0.2) is 27.5 Å². The molecule has 24 heavy (non-hydrogen) atoms. The van der Waals surface area contributed by atoms with E-state index in [1.165, 1.54) is 6.20 Å². The van der Waals surface area contributed by atoms with Gasteiger partial charge in [0.2, 0.25) is 0 Å². The van der Waals surface area contributed by atoms with Crippen LogP contribution in [-0.2, 0) is 4.74 Å². The standard InChI is InChI=1S/C17H15BrN4O2/c1-3-24-17(23)13-9-20-16-12(6-4-10(2)21-16)15(13)22-14-7-5-11(18)8-19-14/h4-9H,3H2,1-2H3,(H,19,20,21,22). The number of carbonyl (C=O) groups is 1. The number of nitrogens with one attached hydrogen (secondary N) is 1. The second-order valence-electron chi connectivity index (χ2n) is 5.08. The number of halogens is 1. The SMILES string of the molecule is CCOC(=O)c1cnc2nc(C)ccc2c1Nc1ccc(Br)cn1. The summed E-state index contributed by atoms with van der Waals surface area (Å²) in [5.74, 6) is 0.170. The van der Waals surface area contributed by atoms with Gasteiger partial charge in [-0.1, -0.05) is 0 Å². The molecule has 0 radical (unpaired) electrons. The molecule has 0 amide bonds. The number of anilines is 2.